The third kappa shape index (κ3) is 2.91. The SMILES string of the molecule is CCNc1nc2cc3c(cc2s1)CCCN3Cc1ccccc1. The van der Waals surface area contributed by atoms with Crippen LogP contribution in [0.15, 0.2) is 42.5 Å². The Labute approximate surface area is 141 Å². The first kappa shape index (κ1) is 14.5. The van der Waals surface area contributed by atoms with Crippen molar-refractivity contribution in [3.05, 3.63) is 53.6 Å². The van der Waals surface area contributed by atoms with E-state index in [1.54, 1.807) is 11.3 Å². The molecule has 1 aliphatic rings. The summed E-state index contributed by atoms with van der Waals surface area (Å²) in [6.07, 6.45) is 2.40. The van der Waals surface area contributed by atoms with Crippen molar-refractivity contribution in [2.75, 3.05) is 23.3 Å². The van der Waals surface area contributed by atoms with Gasteiger partial charge in [-0.25, -0.2) is 4.98 Å². The maximum Gasteiger partial charge on any atom is 0.183 e. The minimum absolute atomic E-state index is 0.916. The van der Waals surface area contributed by atoms with E-state index >= 15 is 0 Å². The van der Waals surface area contributed by atoms with Crippen molar-refractivity contribution in [3.63, 3.8) is 0 Å². The summed E-state index contributed by atoms with van der Waals surface area (Å²) in [5.41, 5.74) is 5.31. The summed E-state index contributed by atoms with van der Waals surface area (Å²) >= 11 is 1.76. The van der Waals surface area contributed by atoms with E-state index in [0.29, 0.717) is 0 Å². The van der Waals surface area contributed by atoms with Gasteiger partial charge in [-0.05, 0) is 43.0 Å². The van der Waals surface area contributed by atoms with Crippen LogP contribution in [0.4, 0.5) is 10.8 Å². The molecule has 0 aliphatic carbocycles. The van der Waals surface area contributed by atoms with Gasteiger partial charge >= 0.3 is 0 Å². The van der Waals surface area contributed by atoms with Crippen LogP contribution in [0.3, 0.4) is 0 Å². The van der Waals surface area contributed by atoms with Gasteiger partial charge in [0.25, 0.3) is 0 Å². The van der Waals surface area contributed by atoms with Gasteiger partial charge in [0.15, 0.2) is 5.13 Å². The second-order valence-electron chi connectivity index (χ2n) is 6.01. The van der Waals surface area contributed by atoms with Gasteiger partial charge in [-0.15, -0.1) is 0 Å². The predicted molar refractivity (Wildman–Crippen MR) is 99.6 cm³/mol. The molecule has 1 N–H and O–H groups in total. The first-order valence-electron chi connectivity index (χ1n) is 8.29. The molecule has 0 bridgehead atoms. The lowest BCUT2D eigenvalue weighted by molar-refractivity contribution is 0.692. The molecule has 1 aromatic heterocycles. The Morgan fingerprint density at radius 3 is 2.91 bits per heavy atom. The molecule has 0 saturated heterocycles. The number of benzene rings is 2. The maximum absolute atomic E-state index is 4.73. The van der Waals surface area contributed by atoms with Crippen molar-refractivity contribution in [2.45, 2.75) is 26.3 Å². The van der Waals surface area contributed by atoms with Gasteiger partial charge in [0, 0.05) is 25.3 Å². The highest BCUT2D eigenvalue weighted by atomic mass is 32.1. The molecule has 0 amide bonds. The number of fused-ring (bicyclic) bond motifs is 2. The monoisotopic (exact) mass is 323 g/mol. The Hall–Kier alpha value is -2.07. The molecular formula is C19H21N3S. The normalized spacial score (nSPS) is 14.0. The fourth-order valence-electron chi connectivity index (χ4n) is 3.28. The summed E-state index contributed by atoms with van der Waals surface area (Å²) in [4.78, 5) is 7.23. The van der Waals surface area contributed by atoms with Crippen LogP contribution >= 0.6 is 11.3 Å². The van der Waals surface area contributed by atoms with Crippen LogP contribution in [-0.2, 0) is 13.0 Å². The molecule has 0 radical (unpaired) electrons. The number of nitrogens with zero attached hydrogens (tertiary/aromatic N) is 2. The Bertz CT molecular complexity index is 810. The molecule has 0 fully saturated rings. The van der Waals surface area contributed by atoms with E-state index in [9.17, 15) is 0 Å². The van der Waals surface area contributed by atoms with Crippen molar-refractivity contribution in [2.24, 2.45) is 0 Å². The lowest BCUT2D eigenvalue weighted by Crippen LogP contribution is -2.28. The van der Waals surface area contributed by atoms with Crippen LogP contribution in [0.25, 0.3) is 10.2 Å². The highest BCUT2D eigenvalue weighted by Crippen LogP contribution is 2.35. The molecule has 0 atom stereocenters. The smallest absolute Gasteiger partial charge is 0.183 e. The van der Waals surface area contributed by atoms with Gasteiger partial charge in [-0.1, -0.05) is 41.7 Å². The number of rotatable bonds is 4. The standard InChI is InChI=1S/C19H21N3S/c1-2-20-19-21-16-12-17-15(11-18(16)23-19)9-6-10-22(17)13-14-7-4-3-5-8-14/h3-5,7-8,11-12H,2,6,9-10,13H2,1H3,(H,20,21). The molecule has 118 valence electrons. The molecule has 3 aromatic rings. The third-order valence-electron chi connectivity index (χ3n) is 4.35. The van der Waals surface area contributed by atoms with Gasteiger partial charge in [0.2, 0.25) is 0 Å². The van der Waals surface area contributed by atoms with Gasteiger partial charge in [0.1, 0.15) is 0 Å². The number of hydrogen-bond acceptors (Lipinski definition) is 4. The molecule has 4 rings (SSSR count). The second-order valence-corrected chi connectivity index (χ2v) is 7.04. The first-order valence-corrected chi connectivity index (χ1v) is 9.11. The van der Waals surface area contributed by atoms with Gasteiger partial charge in [-0.3, -0.25) is 0 Å². The summed E-state index contributed by atoms with van der Waals surface area (Å²) < 4.78 is 1.29. The molecule has 0 unspecified atom stereocenters. The van der Waals surface area contributed by atoms with E-state index in [4.69, 9.17) is 4.98 Å². The number of nitrogens with one attached hydrogen (secondary N) is 1. The second kappa shape index (κ2) is 6.20. The Morgan fingerprint density at radius 2 is 2.09 bits per heavy atom. The number of aryl methyl sites for hydroxylation is 1. The highest BCUT2D eigenvalue weighted by molar-refractivity contribution is 7.22. The quantitative estimate of drug-likeness (QED) is 0.755. The maximum atomic E-state index is 4.73. The van der Waals surface area contributed by atoms with E-state index < -0.39 is 0 Å². The van der Waals surface area contributed by atoms with Crippen LogP contribution in [0, 0.1) is 0 Å². The van der Waals surface area contributed by atoms with Gasteiger partial charge < -0.3 is 10.2 Å². The number of hydrogen-bond donors (Lipinski definition) is 1. The zero-order valence-electron chi connectivity index (χ0n) is 13.4. The minimum Gasteiger partial charge on any atom is -0.367 e. The van der Waals surface area contributed by atoms with E-state index in [0.717, 1.165) is 30.3 Å². The Morgan fingerprint density at radius 1 is 1.22 bits per heavy atom. The van der Waals surface area contributed by atoms with Crippen molar-refractivity contribution in [1.82, 2.24) is 4.98 Å². The van der Waals surface area contributed by atoms with Crippen LogP contribution in [-0.4, -0.2) is 18.1 Å². The van der Waals surface area contributed by atoms with E-state index in [1.807, 2.05) is 0 Å². The van der Waals surface area contributed by atoms with Gasteiger partial charge in [-0.2, -0.15) is 0 Å². The fraction of sp³-hybridized carbons (Fsp3) is 0.316. The van der Waals surface area contributed by atoms with Gasteiger partial charge in [0.05, 0.1) is 10.2 Å². The molecule has 1 aliphatic heterocycles. The lowest BCUT2D eigenvalue weighted by atomic mass is 10.0. The number of anilines is 2. The fourth-order valence-corrected chi connectivity index (χ4v) is 4.25. The first-order chi connectivity index (χ1) is 11.3. The Balaban J connectivity index is 1.70. The van der Waals surface area contributed by atoms with E-state index in [-0.39, 0.29) is 0 Å². The summed E-state index contributed by atoms with van der Waals surface area (Å²) in [6, 6.07) is 15.4. The molecule has 23 heavy (non-hydrogen) atoms. The zero-order valence-corrected chi connectivity index (χ0v) is 14.2. The molecule has 0 spiro atoms. The van der Waals surface area contributed by atoms with Crippen LogP contribution < -0.4 is 10.2 Å². The summed E-state index contributed by atoms with van der Waals surface area (Å²) in [5, 5.41) is 4.36. The summed E-state index contributed by atoms with van der Waals surface area (Å²) in [6.45, 7) is 5.12. The number of aromatic nitrogens is 1. The summed E-state index contributed by atoms with van der Waals surface area (Å²) in [7, 11) is 0. The van der Waals surface area contributed by atoms with Crippen LogP contribution in [0.1, 0.15) is 24.5 Å². The van der Waals surface area contributed by atoms with Crippen LogP contribution in [0.2, 0.25) is 0 Å². The molecule has 3 nitrogen and oxygen atoms in total. The largest absolute Gasteiger partial charge is 0.367 e. The minimum atomic E-state index is 0.916. The highest BCUT2D eigenvalue weighted by Gasteiger charge is 2.19. The Kier molecular flexibility index (Phi) is 3.92. The molecule has 4 heteroatoms. The molecule has 0 saturated carbocycles. The average Bonchev–Trinajstić information content (AvgIpc) is 2.96. The predicted octanol–water partition coefficient (Wildman–Crippen LogP) is 4.68. The molecule has 2 aromatic carbocycles. The van der Waals surface area contributed by atoms with Crippen molar-refractivity contribution < 1.29 is 0 Å². The van der Waals surface area contributed by atoms with Crippen molar-refractivity contribution in [3.8, 4) is 0 Å². The summed E-state index contributed by atoms with van der Waals surface area (Å²) in [5.74, 6) is 0. The van der Waals surface area contributed by atoms with Crippen molar-refractivity contribution in [1.29, 1.82) is 0 Å². The lowest BCUT2D eigenvalue weighted by Gasteiger charge is -2.31. The van der Waals surface area contributed by atoms with Crippen molar-refractivity contribution >= 4 is 32.4 Å². The molecule has 2 heterocycles. The molecular weight excluding hydrogens is 302 g/mol. The average molecular weight is 323 g/mol. The third-order valence-corrected chi connectivity index (χ3v) is 5.32. The topological polar surface area (TPSA) is 28.2 Å². The zero-order chi connectivity index (χ0) is 15.6. The van der Waals surface area contributed by atoms with Crippen LogP contribution in [0.5, 0.6) is 0 Å². The van der Waals surface area contributed by atoms with E-state index in [1.165, 1.54) is 34.4 Å². The number of thiazole rings is 1. The van der Waals surface area contributed by atoms with E-state index in [2.05, 4.69) is 59.6 Å².